The summed E-state index contributed by atoms with van der Waals surface area (Å²) in [5.41, 5.74) is 11.6. The lowest BCUT2D eigenvalue weighted by Gasteiger charge is -2.32. The Morgan fingerprint density at radius 1 is 1.26 bits per heavy atom. The van der Waals surface area contributed by atoms with Gasteiger partial charge in [0, 0.05) is 43.0 Å². The molecule has 3 aliphatic rings. The molecule has 2 fully saturated rings. The Morgan fingerprint density at radius 3 is 3.00 bits per heavy atom. The van der Waals surface area contributed by atoms with Gasteiger partial charge in [-0.2, -0.15) is 4.37 Å². The van der Waals surface area contributed by atoms with Crippen molar-refractivity contribution in [2.24, 2.45) is 0 Å². The predicted octanol–water partition coefficient (Wildman–Crippen LogP) is 3.63. The van der Waals surface area contributed by atoms with Crippen molar-refractivity contribution in [3.63, 3.8) is 0 Å². The third-order valence-electron chi connectivity index (χ3n) is 6.57. The van der Waals surface area contributed by atoms with Crippen molar-refractivity contribution in [1.82, 2.24) is 34.5 Å². The Kier molecular flexibility index (Phi) is 4.89. The standard InChI is InChI=1S/C22H28N8S/c1-14-4-2-3-7-29(14)12-17-8-20(31-28-17)27-21-22-23-11-19(16-9-24-25-10-16)30(22)13-18(26-21)15-5-6-15/h8-9,11,13-15,24-25H,2-7,10,12H2,1H3,(H,26,27). The Bertz CT molecular complexity index is 1130. The molecular weight excluding hydrogens is 408 g/mol. The van der Waals surface area contributed by atoms with Crippen LogP contribution in [0.4, 0.5) is 10.8 Å². The lowest BCUT2D eigenvalue weighted by Crippen LogP contribution is -2.36. The fourth-order valence-electron chi connectivity index (χ4n) is 4.57. The number of rotatable bonds is 6. The highest BCUT2D eigenvalue weighted by Gasteiger charge is 2.28. The van der Waals surface area contributed by atoms with E-state index in [9.17, 15) is 0 Å². The SMILES string of the molecule is CC1CCCCN1Cc1cc(Nc2nc(C3CC3)cn3c(C4=CNNC4)cnc23)sn1. The van der Waals surface area contributed by atoms with Gasteiger partial charge in [0.25, 0.3) is 0 Å². The number of aromatic nitrogens is 4. The van der Waals surface area contributed by atoms with Gasteiger partial charge in [0.15, 0.2) is 11.5 Å². The van der Waals surface area contributed by atoms with Crippen LogP contribution in [0.1, 0.15) is 62.0 Å². The zero-order valence-corrected chi connectivity index (χ0v) is 18.6. The van der Waals surface area contributed by atoms with E-state index in [-0.39, 0.29) is 0 Å². The molecular formula is C22H28N8S. The second-order valence-corrected chi connectivity index (χ2v) is 9.72. The molecule has 6 rings (SSSR count). The van der Waals surface area contributed by atoms with Crippen LogP contribution in [0.15, 0.2) is 24.7 Å². The highest BCUT2D eigenvalue weighted by atomic mass is 32.1. The summed E-state index contributed by atoms with van der Waals surface area (Å²) in [6.45, 7) is 5.20. The van der Waals surface area contributed by atoms with Crippen LogP contribution in [0.25, 0.3) is 11.2 Å². The summed E-state index contributed by atoms with van der Waals surface area (Å²) in [4.78, 5) is 12.2. The first kappa shape index (κ1) is 19.2. The van der Waals surface area contributed by atoms with E-state index >= 15 is 0 Å². The molecule has 8 nitrogen and oxygen atoms in total. The molecule has 5 heterocycles. The Labute approximate surface area is 185 Å². The van der Waals surface area contributed by atoms with Crippen molar-refractivity contribution in [2.75, 3.05) is 18.4 Å². The van der Waals surface area contributed by atoms with Gasteiger partial charge in [0.05, 0.1) is 23.3 Å². The predicted molar refractivity (Wildman–Crippen MR) is 123 cm³/mol. The van der Waals surface area contributed by atoms with E-state index in [0.29, 0.717) is 12.0 Å². The molecule has 0 aromatic carbocycles. The molecule has 1 saturated carbocycles. The molecule has 1 unspecified atom stereocenters. The summed E-state index contributed by atoms with van der Waals surface area (Å²) in [5.74, 6) is 1.38. The molecule has 3 N–H and O–H groups in total. The summed E-state index contributed by atoms with van der Waals surface area (Å²) in [7, 11) is 0. The van der Waals surface area contributed by atoms with Crippen molar-refractivity contribution in [3.8, 4) is 0 Å². The van der Waals surface area contributed by atoms with Crippen molar-refractivity contribution < 1.29 is 0 Å². The summed E-state index contributed by atoms with van der Waals surface area (Å²) >= 11 is 1.51. The first-order valence-electron chi connectivity index (χ1n) is 11.3. The largest absolute Gasteiger partial charge is 0.328 e. The van der Waals surface area contributed by atoms with E-state index in [1.54, 1.807) is 0 Å². The average molecular weight is 437 g/mol. The van der Waals surface area contributed by atoms with E-state index in [1.165, 1.54) is 55.8 Å². The minimum absolute atomic E-state index is 0.562. The smallest absolute Gasteiger partial charge is 0.180 e. The van der Waals surface area contributed by atoms with Gasteiger partial charge in [0.1, 0.15) is 5.00 Å². The molecule has 0 bridgehead atoms. The number of likely N-dealkylation sites (tertiary alicyclic amines) is 1. The zero-order valence-electron chi connectivity index (χ0n) is 17.8. The molecule has 9 heteroatoms. The summed E-state index contributed by atoms with van der Waals surface area (Å²) in [6, 6.07) is 2.81. The van der Waals surface area contributed by atoms with E-state index in [1.807, 2.05) is 12.4 Å². The topological polar surface area (TPSA) is 82.4 Å². The van der Waals surface area contributed by atoms with Gasteiger partial charge in [-0.1, -0.05) is 6.42 Å². The molecule has 3 aromatic rings. The lowest BCUT2D eigenvalue weighted by atomic mass is 10.0. The number of nitrogens with zero attached hydrogens (tertiary/aromatic N) is 5. The van der Waals surface area contributed by atoms with Gasteiger partial charge in [0.2, 0.25) is 0 Å². The van der Waals surface area contributed by atoms with Crippen LogP contribution in [0.3, 0.4) is 0 Å². The number of imidazole rings is 1. The van der Waals surface area contributed by atoms with Gasteiger partial charge >= 0.3 is 0 Å². The maximum Gasteiger partial charge on any atom is 0.180 e. The minimum atomic E-state index is 0.562. The van der Waals surface area contributed by atoms with Gasteiger partial charge < -0.3 is 10.7 Å². The number of fused-ring (bicyclic) bond motifs is 1. The van der Waals surface area contributed by atoms with Gasteiger partial charge in [-0.25, -0.2) is 15.4 Å². The molecule has 2 aliphatic heterocycles. The molecule has 0 amide bonds. The fraction of sp³-hybridized carbons (Fsp3) is 0.500. The summed E-state index contributed by atoms with van der Waals surface area (Å²) in [5, 5.41) is 4.56. The quantitative estimate of drug-likeness (QED) is 0.544. The molecule has 1 atom stereocenters. The minimum Gasteiger partial charge on any atom is -0.328 e. The van der Waals surface area contributed by atoms with Crippen LogP contribution in [-0.2, 0) is 6.54 Å². The maximum absolute atomic E-state index is 4.96. The third-order valence-corrected chi connectivity index (χ3v) is 7.31. The van der Waals surface area contributed by atoms with Crippen molar-refractivity contribution in [2.45, 2.75) is 57.5 Å². The number of anilines is 2. The third kappa shape index (κ3) is 3.81. The Morgan fingerprint density at radius 2 is 2.19 bits per heavy atom. The van der Waals surface area contributed by atoms with E-state index in [0.717, 1.165) is 46.6 Å². The molecule has 3 aromatic heterocycles. The number of hydrazine groups is 1. The Balaban J connectivity index is 1.29. The van der Waals surface area contributed by atoms with Crippen molar-refractivity contribution >= 4 is 33.6 Å². The van der Waals surface area contributed by atoms with Gasteiger partial charge in [-0.05, 0) is 56.8 Å². The second kappa shape index (κ2) is 7.89. The zero-order chi connectivity index (χ0) is 20.8. The van der Waals surface area contributed by atoms with Gasteiger partial charge in [-0.15, -0.1) is 0 Å². The van der Waals surface area contributed by atoms with Crippen LogP contribution in [0.5, 0.6) is 0 Å². The first-order valence-corrected chi connectivity index (χ1v) is 12.0. The van der Waals surface area contributed by atoms with Crippen LogP contribution < -0.4 is 16.2 Å². The highest BCUT2D eigenvalue weighted by molar-refractivity contribution is 7.10. The lowest BCUT2D eigenvalue weighted by molar-refractivity contribution is 0.151. The molecule has 1 saturated heterocycles. The first-order chi connectivity index (χ1) is 15.2. The van der Waals surface area contributed by atoms with Gasteiger partial charge in [-0.3, -0.25) is 9.30 Å². The average Bonchev–Trinajstić information content (AvgIpc) is 3.14. The molecule has 1 aliphatic carbocycles. The molecule has 0 radical (unpaired) electrons. The van der Waals surface area contributed by atoms with Crippen LogP contribution in [0, 0.1) is 0 Å². The number of hydrogen-bond acceptors (Lipinski definition) is 8. The van der Waals surface area contributed by atoms with Crippen LogP contribution >= 0.6 is 11.5 Å². The maximum atomic E-state index is 4.96. The van der Waals surface area contributed by atoms with E-state index in [2.05, 4.69) is 44.7 Å². The molecule has 162 valence electrons. The molecule has 0 spiro atoms. The monoisotopic (exact) mass is 436 g/mol. The summed E-state index contributed by atoms with van der Waals surface area (Å²) in [6.07, 6.45) is 12.5. The number of nitrogens with one attached hydrogen (secondary N) is 3. The number of hydrogen-bond donors (Lipinski definition) is 3. The fourth-order valence-corrected chi connectivity index (χ4v) is 5.22. The highest BCUT2D eigenvalue weighted by Crippen LogP contribution is 2.40. The normalized spacial score (nSPS) is 22.0. The van der Waals surface area contributed by atoms with E-state index < -0.39 is 0 Å². The number of piperidine rings is 1. The second-order valence-electron chi connectivity index (χ2n) is 8.92. The van der Waals surface area contributed by atoms with Crippen LogP contribution in [0.2, 0.25) is 0 Å². The van der Waals surface area contributed by atoms with Crippen molar-refractivity contribution in [3.05, 3.63) is 41.7 Å². The summed E-state index contributed by atoms with van der Waals surface area (Å²) < 4.78 is 6.90. The van der Waals surface area contributed by atoms with Crippen LogP contribution in [-0.4, -0.2) is 42.8 Å². The van der Waals surface area contributed by atoms with Crippen molar-refractivity contribution in [1.29, 1.82) is 0 Å². The van der Waals surface area contributed by atoms with E-state index in [4.69, 9.17) is 14.3 Å². The Hall–Kier alpha value is -2.49. The molecule has 31 heavy (non-hydrogen) atoms.